The number of rotatable bonds is 3. The second-order valence-corrected chi connectivity index (χ2v) is 6.27. The summed E-state index contributed by atoms with van der Waals surface area (Å²) in [5.41, 5.74) is 1.10. The third-order valence-electron chi connectivity index (χ3n) is 1.91. The summed E-state index contributed by atoms with van der Waals surface area (Å²) in [6.45, 7) is 8.54. The van der Waals surface area contributed by atoms with Crippen LogP contribution in [0.2, 0.25) is 0 Å². The lowest BCUT2D eigenvalue weighted by Gasteiger charge is -2.21. The quantitative estimate of drug-likeness (QED) is 0.785. The van der Waals surface area contributed by atoms with Gasteiger partial charge in [-0.05, 0) is 45.4 Å². The van der Waals surface area contributed by atoms with Crippen molar-refractivity contribution in [2.45, 2.75) is 38.5 Å². The van der Waals surface area contributed by atoms with Gasteiger partial charge in [0.25, 0.3) is 0 Å². The molecule has 3 heteroatoms. The molecule has 0 bridgehead atoms. The molecule has 1 aromatic rings. The summed E-state index contributed by atoms with van der Waals surface area (Å²) in [6.07, 6.45) is 0. The molecule has 0 aromatic heterocycles. The van der Waals surface area contributed by atoms with Crippen molar-refractivity contribution < 1.29 is 4.39 Å². The van der Waals surface area contributed by atoms with Crippen molar-refractivity contribution in [3.63, 3.8) is 0 Å². The zero-order valence-electron chi connectivity index (χ0n) is 9.67. The summed E-state index contributed by atoms with van der Waals surface area (Å²) in [4.78, 5) is 0. The van der Waals surface area contributed by atoms with Crippen LogP contribution in [-0.4, -0.2) is 4.75 Å². The van der Waals surface area contributed by atoms with Crippen LogP contribution >= 0.6 is 11.9 Å². The minimum Gasteiger partial charge on any atom is -0.256 e. The van der Waals surface area contributed by atoms with Crippen molar-refractivity contribution in [3.8, 4) is 0 Å². The Morgan fingerprint density at radius 2 is 1.73 bits per heavy atom. The van der Waals surface area contributed by atoms with E-state index in [2.05, 4.69) is 32.4 Å². The number of nitrogens with one attached hydrogen (secondary N) is 1. The Morgan fingerprint density at radius 3 is 2.20 bits per heavy atom. The monoisotopic (exact) mass is 227 g/mol. The van der Waals surface area contributed by atoms with E-state index in [0.29, 0.717) is 0 Å². The van der Waals surface area contributed by atoms with Gasteiger partial charge >= 0.3 is 0 Å². The second kappa shape index (κ2) is 4.99. The third kappa shape index (κ3) is 4.67. The van der Waals surface area contributed by atoms with E-state index in [1.807, 2.05) is 12.1 Å². The Balaban J connectivity index is 2.54. The summed E-state index contributed by atoms with van der Waals surface area (Å²) in [5, 5.41) is 0. The molecule has 1 atom stereocenters. The molecule has 1 N–H and O–H groups in total. The maximum absolute atomic E-state index is 12.7. The van der Waals surface area contributed by atoms with Crippen LogP contribution < -0.4 is 4.72 Å². The molecule has 0 amide bonds. The lowest BCUT2D eigenvalue weighted by molar-refractivity contribution is 0.625. The number of hydrogen-bond acceptors (Lipinski definition) is 2. The van der Waals surface area contributed by atoms with E-state index >= 15 is 0 Å². The zero-order chi connectivity index (χ0) is 11.5. The summed E-state index contributed by atoms with van der Waals surface area (Å²) in [6, 6.07) is 6.85. The SMILES string of the molecule is CC(NSC(C)(C)C)c1ccc(F)cc1. The molecule has 0 radical (unpaired) electrons. The summed E-state index contributed by atoms with van der Waals surface area (Å²) in [7, 11) is 0. The highest BCUT2D eigenvalue weighted by Gasteiger charge is 2.13. The number of hydrogen-bond donors (Lipinski definition) is 1. The maximum Gasteiger partial charge on any atom is 0.123 e. The van der Waals surface area contributed by atoms with Gasteiger partial charge in [0.15, 0.2) is 0 Å². The highest BCUT2D eigenvalue weighted by atomic mass is 32.2. The van der Waals surface area contributed by atoms with E-state index in [4.69, 9.17) is 0 Å². The van der Waals surface area contributed by atoms with Crippen molar-refractivity contribution in [2.75, 3.05) is 0 Å². The second-order valence-electron chi connectivity index (χ2n) is 4.61. The molecule has 1 aromatic carbocycles. The fourth-order valence-electron chi connectivity index (χ4n) is 1.08. The average Bonchev–Trinajstić information content (AvgIpc) is 2.14. The number of benzene rings is 1. The van der Waals surface area contributed by atoms with Crippen molar-refractivity contribution in [1.29, 1.82) is 0 Å². The molecule has 84 valence electrons. The predicted octanol–water partition coefficient (Wildman–Crippen LogP) is 3.92. The van der Waals surface area contributed by atoms with Crippen LogP contribution in [0.3, 0.4) is 0 Å². The molecule has 0 saturated heterocycles. The minimum atomic E-state index is -0.186. The number of halogens is 1. The molecular weight excluding hydrogens is 209 g/mol. The van der Waals surface area contributed by atoms with Crippen LogP contribution in [-0.2, 0) is 0 Å². The molecule has 0 aliphatic rings. The van der Waals surface area contributed by atoms with Gasteiger partial charge in [0.05, 0.1) is 0 Å². The van der Waals surface area contributed by atoms with Gasteiger partial charge in [0, 0.05) is 10.8 Å². The maximum atomic E-state index is 12.7. The summed E-state index contributed by atoms with van der Waals surface area (Å²) >= 11 is 1.70. The van der Waals surface area contributed by atoms with Crippen LogP contribution in [0.15, 0.2) is 24.3 Å². The van der Waals surface area contributed by atoms with Crippen LogP contribution in [0.4, 0.5) is 4.39 Å². The highest BCUT2D eigenvalue weighted by molar-refractivity contribution is 7.98. The molecule has 0 spiro atoms. The van der Waals surface area contributed by atoms with Crippen LogP contribution in [0.25, 0.3) is 0 Å². The smallest absolute Gasteiger partial charge is 0.123 e. The normalized spacial score (nSPS) is 13.9. The van der Waals surface area contributed by atoms with Crippen molar-refractivity contribution >= 4 is 11.9 Å². The summed E-state index contributed by atoms with van der Waals surface area (Å²) in [5.74, 6) is -0.186. The largest absolute Gasteiger partial charge is 0.256 e. The Bertz CT molecular complexity index is 302. The van der Waals surface area contributed by atoms with Crippen LogP contribution in [0.1, 0.15) is 39.3 Å². The van der Waals surface area contributed by atoms with E-state index in [1.165, 1.54) is 12.1 Å². The first kappa shape index (κ1) is 12.5. The third-order valence-corrected chi connectivity index (χ3v) is 3.00. The summed E-state index contributed by atoms with van der Waals surface area (Å²) < 4.78 is 16.2. The fourth-order valence-corrected chi connectivity index (χ4v) is 1.75. The van der Waals surface area contributed by atoms with E-state index in [1.54, 1.807) is 11.9 Å². The molecule has 1 unspecified atom stereocenters. The van der Waals surface area contributed by atoms with Gasteiger partial charge in [-0.15, -0.1) is 0 Å². The van der Waals surface area contributed by atoms with Gasteiger partial charge in [-0.1, -0.05) is 24.1 Å². The zero-order valence-corrected chi connectivity index (χ0v) is 10.5. The highest BCUT2D eigenvalue weighted by Crippen LogP contribution is 2.24. The molecule has 1 nitrogen and oxygen atoms in total. The van der Waals surface area contributed by atoms with E-state index in [9.17, 15) is 4.39 Å². The molecule has 1 rings (SSSR count). The minimum absolute atomic E-state index is 0.186. The van der Waals surface area contributed by atoms with Crippen molar-refractivity contribution in [3.05, 3.63) is 35.6 Å². The van der Waals surface area contributed by atoms with Gasteiger partial charge in [0.2, 0.25) is 0 Å². The van der Waals surface area contributed by atoms with Crippen molar-refractivity contribution in [1.82, 2.24) is 4.72 Å². The van der Waals surface area contributed by atoms with Gasteiger partial charge < -0.3 is 0 Å². The van der Waals surface area contributed by atoms with Gasteiger partial charge in [-0.2, -0.15) is 0 Å². The molecular formula is C12H18FNS. The van der Waals surface area contributed by atoms with Gasteiger partial charge in [0.1, 0.15) is 5.82 Å². The molecule has 15 heavy (non-hydrogen) atoms. The standard InChI is InChI=1S/C12H18FNS/c1-9(14-15-12(2,3)4)10-5-7-11(13)8-6-10/h5-9,14H,1-4H3. The molecule has 0 aliphatic carbocycles. The predicted molar refractivity (Wildman–Crippen MR) is 65.3 cm³/mol. The Hall–Kier alpha value is -0.540. The van der Waals surface area contributed by atoms with Gasteiger partial charge in [-0.25, -0.2) is 4.39 Å². The Morgan fingerprint density at radius 1 is 1.20 bits per heavy atom. The fraction of sp³-hybridized carbons (Fsp3) is 0.500. The Kier molecular flexibility index (Phi) is 4.17. The topological polar surface area (TPSA) is 12.0 Å². The molecule has 0 aliphatic heterocycles. The first-order valence-electron chi connectivity index (χ1n) is 5.07. The van der Waals surface area contributed by atoms with Crippen LogP contribution in [0.5, 0.6) is 0 Å². The molecule has 0 saturated carbocycles. The van der Waals surface area contributed by atoms with Gasteiger partial charge in [-0.3, -0.25) is 4.72 Å². The average molecular weight is 227 g/mol. The molecule has 0 heterocycles. The lowest BCUT2D eigenvalue weighted by Crippen LogP contribution is -2.19. The lowest BCUT2D eigenvalue weighted by atomic mass is 10.1. The first-order valence-corrected chi connectivity index (χ1v) is 5.89. The first-order chi connectivity index (χ1) is 6.88. The van der Waals surface area contributed by atoms with Crippen molar-refractivity contribution in [2.24, 2.45) is 0 Å². The van der Waals surface area contributed by atoms with E-state index in [0.717, 1.165) is 5.56 Å². The van der Waals surface area contributed by atoms with Crippen LogP contribution in [0, 0.1) is 5.82 Å². The Labute approximate surface area is 95.6 Å². The molecule has 0 fully saturated rings. The van der Waals surface area contributed by atoms with E-state index in [-0.39, 0.29) is 16.6 Å². The van der Waals surface area contributed by atoms with E-state index < -0.39 is 0 Å².